The second-order valence-electron chi connectivity index (χ2n) is 4.24. The topological polar surface area (TPSA) is 29.9 Å². The average molecular weight is 213 g/mol. The van der Waals surface area contributed by atoms with Gasteiger partial charge in [-0.05, 0) is 25.0 Å². The van der Waals surface area contributed by atoms with Crippen molar-refractivity contribution >= 4 is 5.69 Å². The third-order valence-electron chi connectivity index (χ3n) is 2.93. The van der Waals surface area contributed by atoms with Gasteiger partial charge in [-0.25, -0.2) is 4.98 Å². The lowest BCUT2D eigenvalue weighted by atomic mass is 10.3. The van der Waals surface area contributed by atoms with Crippen LogP contribution in [0.5, 0.6) is 0 Å². The Balaban J connectivity index is 1.68. The predicted molar refractivity (Wildman–Crippen MR) is 64.3 cm³/mol. The third-order valence-corrected chi connectivity index (χ3v) is 2.93. The summed E-state index contributed by atoms with van der Waals surface area (Å²) in [6, 6.07) is 11.0. The maximum Gasteiger partial charge on any atom is 0.0951 e. The smallest absolute Gasteiger partial charge is 0.0951 e. The van der Waals surface area contributed by atoms with Crippen LogP contribution in [0.15, 0.2) is 42.9 Å². The SMILES string of the molecule is c1ccc(NCc2cncn2C2CC2)cc1. The Morgan fingerprint density at radius 1 is 1.25 bits per heavy atom. The summed E-state index contributed by atoms with van der Waals surface area (Å²) in [7, 11) is 0. The molecule has 3 nitrogen and oxygen atoms in total. The normalized spacial score (nSPS) is 15.0. The maximum absolute atomic E-state index is 4.22. The Kier molecular flexibility index (Phi) is 2.37. The monoisotopic (exact) mass is 213 g/mol. The van der Waals surface area contributed by atoms with Crippen molar-refractivity contribution < 1.29 is 0 Å². The van der Waals surface area contributed by atoms with E-state index in [0.717, 1.165) is 12.2 Å². The van der Waals surface area contributed by atoms with E-state index in [1.165, 1.54) is 18.5 Å². The van der Waals surface area contributed by atoms with Crippen molar-refractivity contribution in [3.8, 4) is 0 Å². The van der Waals surface area contributed by atoms with E-state index in [-0.39, 0.29) is 0 Å². The van der Waals surface area contributed by atoms with Crippen LogP contribution in [0.25, 0.3) is 0 Å². The van der Waals surface area contributed by atoms with Crippen molar-refractivity contribution in [2.24, 2.45) is 0 Å². The van der Waals surface area contributed by atoms with E-state index in [1.54, 1.807) is 0 Å². The molecule has 1 N–H and O–H groups in total. The van der Waals surface area contributed by atoms with E-state index >= 15 is 0 Å². The summed E-state index contributed by atoms with van der Waals surface area (Å²) < 4.78 is 2.29. The van der Waals surface area contributed by atoms with Crippen molar-refractivity contribution in [3.05, 3.63) is 48.5 Å². The molecule has 0 amide bonds. The fraction of sp³-hybridized carbons (Fsp3) is 0.308. The van der Waals surface area contributed by atoms with Crippen LogP contribution in [0, 0.1) is 0 Å². The van der Waals surface area contributed by atoms with Gasteiger partial charge in [0.05, 0.1) is 18.6 Å². The molecule has 0 bridgehead atoms. The number of nitrogens with one attached hydrogen (secondary N) is 1. The van der Waals surface area contributed by atoms with Crippen LogP contribution in [-0.4, -0.2) is 9.55 Å². The van der Waals surface area contributed by atoms with E-state index in [4.69, 9.17) is 0 Å². The molecule has 0 unspecified atom stereocenters. The molecule has 1 fully saturated rings. The second kappa shape index (κ2) is 4.00. The van der Waals surface area contributed by atoms with Crippen molar-refractivity contribution in [1.29, 1.82) is 0 Å². The molecule has 3 rings (SSSR count). The molecule has 3 heteroatoms. The summed E-state index contributed by atoms with van der Waals surface area (Å²) in [4.78, 5) is 4.22. The number of anilines is 1. The van der Waals surface area contributed by atoms with Gasteiger partial charge in [0.1, 0.15) is 0 Å². The molecule has 1 heterocycles. The molecule has 0 saturated heterocycles. The quantitative estimate of drug-likeness (QED) is 0.846. The maximum atomic E-state index is 4.22. The number of nitrogens with zero attached hydrogens (tertiary/aromatic N) is 2. The predicted octanol–water partition coefficient (Wildman–Crippen LogP) is 2.83. The van der Waals surface area contributed by atoms with Gasteiger partial charge in [-0.1, -0.05) is 18.2 Å². The first-order valence-corrected chi connectivity index (χ1v) is 5.73. The summed E-state index contributed by atoms with van der Waals surface area (Å²) in [6.07, 6.45) is 6.50. The summed E-state index contributed by atoms with van der Waals surface area (Å²) >= 11 is 0. The lowest BCUT2D eigenvalue weighted by molar-refractivity contribution is 0.701. The van der Waals surface area contributed by atoms with Crippen LogP contribution in [0.2, 0.25) is 0 Å². The highest BCUT2D eigenvalue weighted by Crippen LogP contribution is 2.35. The van der Waals surface area contributed by atoms with Gasteiger partial charge in [0.15, 0.2) is 0 Å². The van der Waals surface area contributed by atoms with Gasteiger partial charge in [0.2, 0.25) is 0 Å². The molecule has 0 spiro atoms. The average Bonchev–Trinajstić information content (AvgIpc) is 3.07. The van der Waals surface area contributed by atoms with Gasteiger partial charge in [0, 0.05) is 17.9 Å². The summed E-state index contributed by atoms with van der Waals surface area (Å²) in [5, 5.41) is 3.41. The molecule has 1 aromatic carbocycles. The van der Waals surface area contributed by atoms with E-state index < -0.39 is 0 Å². The molecule has 16 heavy (non-hydrogen) atoms. The first-order chi connectivity index (χ1) is 7.93. The number of hydrogen-bond donors (Lipinski definition) is 1. The molecular formula is C13H15N3. The Bertz CT molecular complexity index is 457. The van der Waals surface area contributed by atoms with Crippen molar-refractivity contribution in [2.45, 2.75) is 25.4 Å². The van der Waals surface area contributed by atoms with Crippen LogP contribution in [0.4, 0.5) is 5.69 Å². The fourth-order valence-electron chi connectivity index (χ4n) is 1.90. The molecule has 82 valence electrons. The van der Waals surface area contributed by atoms with Gasteiger partial charge in [0.25, 0.3) is 0 Å². The Hall–Kier alpha value is -1.77. The van der Waals surface area contributed by atoms with Crippen molar-refractivity contribution in [3.63, 3.8) is 0 Å². The Morgan fingerprint density at radius 3 is 2.81 bits per heavy atom. The minimum Gasteiger partial charge on any atom is -0.379 e. The molecule has 1 aromatic heterocycles. The highest BCUT2D eigenvalue weighted by Gasteiger charge is 2.24. The van der Waals surface area contributed by atoms with E-state index in [9.17, 15) is 0 Å². The zero-order valence-electron chi connectivity index (χ0n) is 9.13. The number of benzene rings is 1. The van der Waals surface area contributed by atoms with Crippen LogP contribution in [-0.2, 0) is 6.54 Å². The molecule has 0 atom stereocenters. The largest absolute Gasteiger partial charge is 0.379 e. The Morgan fingerprint density at radius 2 is 2.06 bits per heavy atom. The summed E-state index contributed by atoms with van der Waals surface area (Å²) in [5.41, 5.74) is 2.43. The van der Waals surface area contributed by atoms with Crippen LogP contribution in [0.3, 0.4) is 0 Å². The first kappa shape index (κ1) is 9.46. The molecule has 1 saturated carbocycles. The molecule has 1 aliphatic rings. The minimum atomic E-state index is 0.704. The van der Waals surface area contributed by atoms with Gasteiger partial charge in [-0.15, -0.1) is 0 Å². The number of hydrogen-bond acceptors (Lipinski definition) is 2. The molecule has 0 aliphatic heterocycles. The number of para-hydroxylation sites is 1. The summed E-state index contributed by atoms with van der Waals surface area (Å²) in [6.45, 7) is 0.848. The van der Waals surface area contributed by atoms with Crippen molar-refractivity contribution in [2.75, 3.05) is 5.32 Å². The summed E-state index contributed by atoms with van der Waals surface area (Å²) in [5.74, 6) is 0. The van der Waals surface area contributed by atoms with E-state index in [1.807, 2.05) is 30.7 Å². The van der Waals surface area contributed by atoms with E-state index in [0.29, 0.717) is 6.04 Å². The lowest BCUT2D eigenvalue weighted by Gasteiger charge is -2.08. The van der Waals surface area contributed by atoms with Gasteiger partial charge in [-0.2, -0.15) is 0 Å². The Labute approximate surface area is 95.1 Å². The van der Waals surface area contributed by atoms with E-state index in [2.05, 4.69) is 27.0 Å². The lowest BCUT2D eigenvalue weighted by Crippen LogP contribution is -2.05. The first-order valence-electron chi connectivity index (χ1n) is 5.73. The van der Waals surface area contributed by atoms with Crippen LogP contribution in [0.1, 0.15) is 24.6 Å². The number of aromatic nitrogens is 2. The van der Waals surface area contributed by atoms with Crippen LogP contribution >= 0.6 is 0 Å². The highest BCUT2D eigenvalue weighted by atomic mass is 15.1. The zero-order valence-corrected chi connectivity index (χ0v) is 9.13. The molecule has 2 aromatic rings. The zero-order chi connectivity index (χ0) is 10.8. The third kappa shape index (κ3) is 1.94. The standard InChI is InChI=1S/C13H15N3/c1-2-4-11(5-3-1)15-9-13-8-14-10-16(13)12-6-7-12/h1-5,8,10,12,15H,6-7,9H2. The van der Waals surface area contributed by atoms with Gasteiger partial charge in [-0.3, -0.25) is 0 Å². The number of imidazole rings is 1. The fourth-order valence-corrected chi connectivity index (χ4v) is 1.90. The molecule has 0 radical (unpaired) electrons. The molecular weight excluding hydrogens is 198 g/mol. The van der Waals surface area contributed by atoms with Crippen LogP contribution < -0.4 is 5.32 Å². The minimum absolute atomic E-state index is 0.704. The van der Waals surface area contributed by atoms with Crippen molar-refractivity contribution in [1.82, 2.24) is 9.55 Å². The molecule has 1 aliphatic carbocycles. The number of rotatable bonds is 4. The second-order valence-corrected chi connectivity index (χ2v) is 4.24. The van der Waals surface area contributed by atoms with Gasteiger partial charge < -0.3 is 9.88 Å². The van der Waals surface area contributed by atoms with Gasteiger partial charge >= 0.3 is 0 Å². The highest BCUT2D eigenvalue weighted by molar-refractivity contribution is 5.42.